The van der Waals surface area contributed by atoms with Gasteiger partial charge in [0.2, 0.25) is 0 Å². The van der Waals surface area contributed by atoms with Crippen LogP contribution in [0.3, 0.4) is 0 Å². The van der Waals surface area contributed by atoms with E-state index in [1.165, 1.54) is 25.2 Å². The summed E-state index contributed by atoms with van der Waals surface area (Å²) in [5.74, 6) is -2.20. The fourth-order valence-electron chi connectivity index (χ4n) is 2.90. The molecule has 0 unspecified atom stereocenters. The Bertz CT molecular complexity index is 1060. The van der Waals surface area contributed by atoms with Crippen LogP contribution in [0.1, 0.15) is 38.0 Å². The van der Waals surface area contributed by atoms with Gasteiger partial charge in [-0.3, -0.25) is 19.7 Å². The van der Waals surface area contributed by atoms with Crippen LogP contribution in [0.4, 0.5) is 10.5 Å². The molecule has 0 bridgehead atoms. The predicted molar refractivity (Wildman–Crippen MR) is 108 cm³/mol. The van der Waals surface area contributed by atoms with Gasteiger partial charge in [0.05, 0.1) is 29.0 Å². The van der Waals surface area contributed by atoms with Crippen molar-refractivity contribution in [2.75, 3.05) is 25.2 Å². The Morgan fingerprint density at radius 1 is 0.968 bits per heavy atom. The average Bonchev–Trinajstić information content (AvgIpc) is 3.02. The van der Waals surface area contributed by atoms with E-state index in [1.807, 2.05) is 12.2 Å². The molecular formula is C21H19N3O7. The van der Waals surface area contributed by atoms with Crippen molar-refractivity contribution in [3.05, 3.63) is 59.2 Å². The predicted octanol–water partition coefficient (Wildman–Crippen LogP) is 1.50. The standard InChI is InChI=1S/C21H19N3O7/c1-3-30-14-7-5-13(6-8-14)24-18(26)15-9-4-12(10-16(15)19(24)27)20(28)31-11-17(25)23-21(29)22-2/h4-10H,3,11H2,1-2H3,(H2,22,23,25,29). The maximum Gasteiger partial charge on any atom is 0.338 e. The smallest absolute Gasteiger partial charge is 0.338 e. The summed E-state index contributed by atoms with van der Waals surface area (Å²) < 4.78 is 10.2. The van der Waals surface area contributed by atoms with Gasteiger partial charge in [0, 0.05) is 7.05 Å². The van der Waals surface area contributed by atoms with Gasteiger partial charge in [-0.05, 0) is 49.4 Å². The van der Waals surface area contributed by atoms with Crippen LogP contribution >= 0.6 is 0 Å². The summed E-state index contributed by atoms with van der Waals surface area (Å²) in [5, 5.41) is 4.13. The van der Waals surface area contributed by atoms with Crippen molar-refractivity contribution < 1.29 is 33.4 Å². The molecular weight excluding hydrogens is 406 g/mol. The molecule has 1 aliphatic rings. The summed E-state index contributed by atoms with van der Waals surface area (Å²) in [7, 11) is 1.33. The first-order valence-corrected chi connectivity index (χ1v) is 9.30. The number of ether oxygens (including phenoxy) is 2. The van der Waals surface area contributed by atoms with Crippen molar-refractivity contribution in [1.82, 2.24) is 10.6 Å². The summed E-state index contributed by atoms with van der Waals surface area (Å²) in [6.45, 7) is 1.64. The number of benzene rings is 2. The summed E-state index contributed by atoms with van der Waals surface area (Å²) in [5.41, 5.74) is 0.543. The lowest BCUT2D eigenvalue weighted by Gasteiger charge is -2.14. The number of carbonyl (C=O) groups excluding carboxylic acids is 5. The summed E-state index contributed by atoms with van der Waals surface area (Å²) >= 11 is 0. The lowest BCUT2D eigenvalue weighted by Crippen LogP contribution is -2.39. The highest BCUT2D eigenvalue weighted by Gasteiger charge is 2.37. The number of rotatable bonds is 6. The van der Waals surface area contributed by atoms with E-state index in [0.29, 0.717) is 18.0 Å². The van der Waals surface area contributed by atoms with Gasteiger partial charge in [-0.2, -0.15) is 0 Å². The number of imide groups is 2. The number of nitrogens with zero attached hydrogens (tertiary/aromatic N) is 1. The minimum Gasteiger partial charge on any atom is -0.494 e. The second kappa shape index (κ2) is 9.08. The molecule has 0 aromatic heterocycles. The second-order valence-electron chi connectivity index (χ2n) is 6.34. The first kappa shape index (κ1) is 21.5. The zero-order valence-corrected chi connectivity index (χ0v) is 16.8. The molecule has 0 saturated heterocycles. The molecule has 3 rings (SSSR count). The SMILES string of the molecule is CCOc1ccc(N2C(=O)c3ccc(C(=O)OCC(=O)NC(=O)NC)cc3C2=O)cc1. The number of nitrogens with one attached hydrogen (secondary N) is 2. The third kappa shape index (κ3) is 4.53. The lowest BCUT2D eigenvalue weighted by molar-refractivity contribution is -0.123. The van der Waals surface area contributed by atoms with Crippen molar-refractivity contribution >= 4 is 35.4 Å². The van der Waals surface area contributed by atoms with E-state index in [0.717, 1.165) is 4.90 Å². The van der Waals surface area contributed by atoms with Crippen LogP contribution in [-0.2, 0) is 9.53 Å². The Hall–Kier alpha value is -4.21. The van der Waals surface area contributed by atoms with Crippen LogP contribution in [0, 0.1) is 0 Å². The van der Waals surface area contributed by atoms with E-state index in [4.69, 9.17) is 9.47 Å². The van der Waals surface area contributed by atoms with Crippen LogP contribution in [0.25, 0.3) is 0 Å². The topological polar surface area (TPSA) is 131 Å². The largest absolute Gasteiger partial charge is 0.494 e. The molecule has 31 heavy (non-hydrogen) atoms. The monoisotopic (exact) mass is 425 g/mol. The third-order valence-electron chi connectivity index (χ3n) is 4.34. The molecule has 5 amide bonds. The molecule has 10 heteroatoms. The number of esters is 1. The van der Waals surface area contributed by atoms with E-state index >= 15 is 0 Å². The Morgan fingerprint density at radius 2 is 1.65 bits per heavy atom. The van der Waals surface area contributed by atoms with E-state index in [-0.39, 0.29) is 16.7 Å². The lowest BCUT2D eigenvalue weighted by atomic mass is 10.1. The van der Waals surface area contributed by atoms with Crippen LogP contribution in [0.5, 0.6) is 5.75 Å². The first-order valence-electron chi connectivity index (χ1n) is 9.30. The zero-order valence-electron chi connectivity index (χ0n) is 16.8. The molecule has 0 radical (unpaired) electrons. The molecule has 2 aromatic rings. The highest BCUT2D eigenvalue weighted by atomic mass is 16.5. The molecule has 1 heterocycles. The minimum atomic E-state index is -0.880. The Labute approximate surface area is 177 Å². The van der Waals surface area contributed by atoms with Gasteiger partial charge in [0.1, 0.15) is 5.75 Å². The Kier molecular flexibility index (Phi) is 6.29. The summed E-state index contributed by atoms with van der Waals surface area (Å²) in [6.07, 6.45) is 0. The van der Waals surface area contributed by atoms with Gasteiger partial charge in [-0.25, -0.2) is 14.5 Å². The van der Waals surface area contributed by atoms with E-state index in [2.05, 4.69) is 5.32 Å². The summed E-state index contributed by atoms with van der Waals surface area (Å²) in [4.78, 5) is 61.4. The van der Waals surface area contributed by atoms with Gasteiger partial charge < -0.3 is 14.8 Å². The number of anilines is 1. The van der Waals surface area contributed by atoms with Crippen LogP contribution in [-0.4, -0.2) is 50.0 Å². The third-order valence-corrected chi connectivity index (χ3v) is 4.34. The van der Waals surface area contributed by atoms with Gasteiger partial charge in [0.25, 0.3) is 17.7 Å². The van der Waals surface area contributed by atoms with Crippen molar-refractivity contribution in [1.29, 1.82) is 0 Å². The van der Waals surface area contributed by atoms with Gasteiger partial charge in [0.15, 0.2) is 6.61 Å². The number of hydrogen-bond donors (Lipinski definition) is 2. The molecule has 10 nitrogen and oxygen atoms in total. The number of fused-ring (bicyclic) bond motifs is 1. The number of urea groups is 1. The quantitative estimate of drug-likeness (QED) is 0.530. The average molecular weight is 425 g/mol. The molecule has 0 aliphatic carbocycles. The normalized spacial score (nSPS) is 12.3. The van der Waals surface area contributed by atoms with Gasteiger partial charge >= 0.3 is 12.0 Å². The molecule has 2 aromatic carbocycles. The van der Waals surface area contributed by atoms with Gasteiger partial charge in [-0.15, -0.1) is 0 Å². The fourth-order valence-corrected chi connectivity index (χ4v) is 2.90. The van der Waals surface area contributed by atoms with Crippen LogP contribution < -0.4 is 20.3 Å². The minimum absolute atomic E-state index is 0.0128. The fraction of sp³-hybridized carbons (Fsp3) is 0.190. The zero-order chi connectivity index (χ0) is 22.5. The molecule has 0 saturated carbocycles. The molecule has 1 aliphatic heterocycles. The van der Waals surface area contributed by atoms with Crippen molar-refractivity contribution in [3.63, 3.8) is 0 Å². The van der Waals surface area contributed by atoms with E-state index in [1.54, 1.807) is 24.3 Å². The molecule has 0 spiro atoms. The summed E-state index contributed by atoms with van der Waals surface area (Å²) in [6, 6.07) is 9.65. The van der Waals surface area contributed by atoms with Gasteiger partial charge in [-0.1, -0.05) is 0 Å². The number of carbonyl (C=O) groups is 5. The maximum absolute atomic E-state index is 12.8. The highest BCUT2D eigenvalue weighted by Crippen LogP contribution is 2.30. The number of amides is 5. The molecule has 2 N–H and O–H groups in total. The molecule has 0 atom stereocenters. The highest BCUT2D eigenvalue weighted by molar-refractivity contribution is 6.34. The first-order chi connectivity index (χ1) is 14.8. The number of hydrogen-bond acceptors (Lipinski definition) is 7. The second-order valence-corrected chi connectivity index (χ2v) is 6.34. The Balaban J connectivity index is 1.74. The van der Waals surface area contributed by atoms with E-state index < -0.39 is 36.3 Å². The molecule has 0 fully saturated rings. The van der Waals surface area contributed by atoms with Crippen molar-refractivity contribution in [2.24, 2.45) is 0 Å². The van der Waals surface area contributed by atoms with Crippen LogP contribution in [0.2, 0.25) is 0 Å². The maximum atomic E-state index is 12.8. The Morgan fingerprint density at radius 3 is 2.29 bits per heavy atom. The van der Waals surface area contributed by atoms with E-state index in [9.17, 15) is 24.0 Å². The van der Waals surface area contributed by atoms with Crippen LogP contribution in [0.15, 0.2) is 42.5 Å². The molecule has 160 valence electrons. The van der Waals surface area contributed by atoms with Crippen molar-refractivity contribution in [3.8, 4) is 5.75 Å². The van der Waals surface area contributed by atoms with Crippen molar-refractivity contribution in [2.45, 2.75) is 6.92 Å².